The quantitative estimate of drug-likeness (QED) is 0.755. The first-order valence-corrected chi connectivity index (χ1v) is 6.04. The van der Waals surface area contributed by atoms with Crippen LogP contribution in [0, 0.1) is 0 Å². The van der Waals surface area contributed by atoms with E-state index in [4.69, 9.17) is 23.2 Å². The topological polar surface area (TPSA) is 20.3 Å². The number of carbonyl (C=O) groups is 1. The van der Waals surface area contributed by atoms with Gasteiger partial charge in [0.2, 0.25) is 0 Å². The molecular weight excluding hydrogens is 245 g/mol. The fourth-order valence-corrected chi connectivity index (χ4v) is 1.96. The van der Waals surface area contributed by atoms with E-state index in [0.29, 0.717) is 22.2 Å². The van der Waals surface area contributed by atoms with Gasteiger partial charge in [0.15, 0.2) is 5.78 Å². The van der Waals surface area contributed by atoms with Crippen molar-refractivity contribution in [1.29, 1.82) is 0 Å². The molecule has 4 heteroatoms. The van der Waals surface area contributed by atoms with E-state index in [2.05, 4.69) is 0 Å². The molecule has 1 rings (SSSR count). The van der Waals surface area contributed by atoms with Crippen LogP contribution < -0.4 is 0 Å². The number of rotatable bonds is 5. The molecule has 1 aromatic rings. The molecule has 0 saturated heterocycles. The highest BCUT2D eigenvalue weighted by Crippen LogP contribution is 2.21. The summed E-state index contributed by atoms with van der Waals surface area (Å²) >= 11 is 11.7. The van der Waals surface area contributed by atoms with Crippen molar-refractivity contribution in [3.05, 3.63) is 33.8 Å². The van der Waals surface area contributed by atoms with Gasteiger partial charge in [0.05, 0.1) is 11.6 Å². The maximum Gasteiger partial charge on any atom is 0.178 e. The van der Waals surface area contributed by atoms with E-state index in [1.54, 1.807) is 18.2 Å². The van der Waals surface area contributed by atoms with Gasteiger partial charge in [-0.05, 0) is 31.3 Å². The van der Waals surface area contributed by atoms with Crippen LogP contribution >= 0.6 is 23.2 Å². The largest absolute Gasteiger partial charge is 0.296 e. The molecule has 0 radical (unpaired) electrons. The second-order valence-corrected chi connectivity index (χ2v) is 4.35. The van der Waals surface area contributed by atoms with Crippen LogP contribution in [0.5, 0.6) is 0 Å². The summed E-state index contributed by atoms with van der Waals surface area (Å²) in [6, 6.07) is 4.96. The number of ketones is 1. The molecule has 1 aromatic carbocycles. The smallest absolute Gasteiger partial charge is 0.178 e. The number of carbonyl (C=O) groups excluding carboxylic acids is 1. The van der Waals surface area contributed by atoms with Gasteiger partial charge >= 0.3 is 0 Å². The highest BCUT2D eigenvalue weighted by Gasteiger charge is 2.13. The first-order valence-electron chi connectivity index (χ1n) is 5.29. The van der Waals surface area contributed by atoms with Gasteiger partial charge in [0, 0.05) is 10.6 Å². The van der Waals surface area contributed by atoms with Gasteiger partial charge in [0.25, 0.3) is 0 Å². The fraction of sp³-hybridized carbons (Fsp3) is 0.417. The molecule has 0 fully saturated rings. The van der Waals surface area contributed by atoms with Crippen molar-refractivity contribution in [2.45, 2.75) is 13.8 Å². The summed E-state index contributed by atoms with van der Waals surface area (Å²) < 4.78 is 0. The van der Waals surface area contributed by atoms with E-state index in [-0.39, 0.29) is 5.78 Å². The molecule has 0 aliphatic heterocycles. The molecule has 88 valence electrons. The predicted molar refractivity (Wildman–Crippen MR) is 68.6 cm³/mol. The number of hydrogen-bond donors (Lipinski definition) is 0. The first kappa shape index (κ1) is 13.5. The molecule has 0 heterocycles. The Morgan fingerprint density at radius 2 is 1.88 bits per heavy atom. The van der Waals surface area contributed by atoms with Crippen LogP contribution in [0.15, 0.2) is 18.2 Å². The lowest BCUT2D eigenvalue weighted by Crippen LogP contribution is -2.29. The maximum absolute atomic E-state index is 11.9. The second kappa shape index (κ2) is 6.24. The molecule has 0 unspecified atom stereocenters. The number of nitrogens with zero attached hydrogens (tertiary/aromatic N) is 1. The Kier molecular flexibility index (Phi) is 5.26. The zero-order chi connectivity index (χ0) is 12.1. The Hall–Kier alpha value is -0.570. The lowest BCUT2D eigenvalue weighted by atomic mass is 10.1. The van der Waals surface area contributed by atoms with Crippen LogP contribution in [0.3, 0.4) is 0 Å². The molecule has 0 saturated carbocycles. The number of hydrogen-bond acceptors (Lipinski definition) is 2. The van der Waals surface area contributed by atoms with Crippen molar-refractivity contribution < 1.29 is 4.79 Å². The molecule has 0 bridgehead atoms. The molecule has 0 spiro atoms. The number of likely N-dealkylation sites (N-methyl/N-ethyl adjacent to an activating group) is 1. The average Bonchev–Trinajstić information content (AvgIpc) is 2.25. The fourth-order valence-electron chi connectivity index (χ4n) is 1.45. The monoisotopic (exact) mass is 259 g/mol. The molecule has 0 atom stereocenters. The SMILES string of the molecule is CCN(CC)CC(=O)c1ccc(Cl)cc1Cl. The van der Waals surface area contributed by atoms with Gasteiger partial charge < -0.3 is 0 Å². The minimum absolute atomic E-state index is 0.0327. The molecule has 0 amide bonds. The zero-order valence-electron chi connectivity index (χ0n) is 9.46. The van der Waals surface area contributed by atoms with Crippen molar-refractivity contribution in [2.75, 3.05) is 19.6 Å². The third-order valence-corrected chi connectivity index (χ3v) is 3.04. The van der Waals surface area contributed by atoms with E-state index in [1.807, 2.05) is 18.7 Å². The number of halogens is 2. The summed E-state index contributed by atoms with van der Waals surface area (Å²) in [5.74, 6) is 0.0327. The third kappa shape index (κ3) is 3.48. The Bertz CT molecular complexity index is 375. The van der Waals surface area contributed by atoms with E-state index in [9.17, 15) is 4.79 Å². The molecule has 0 aliphatic carbocycles. The summed E-state index contributed by atoms with van der Waals surface area (Å²) in [4.78, 5) is 14.0. The standard InChI is InChI=1S/C12H15Cl2NO/c1-3-15(4-2)8-12(16)10-6-5-9(13)7-11(10)14/h5-7H,3-4,8H2,1-2H3. The highest BCUT2D eigenvalue weighted by molar-refractivity contribution is 6.36. The Balaban J connectivity index is 2.80. The summed E-state index contributed by atoms with van der Waals surface area (Å²) in [6.07, 6.45) is 0. The lowest BCUT2D eigenvalue weighted by molar-refractivity contribution is 0.0937. The zero-order valence-corrected chi connectivity index (χ0v) is 11.0. The lowest BCUT2D eigenvalue weighted by Gasteiger charge is -2.17. The number of Topliss-reactive ketones (excluding diaryl/α,β-unsaturated/α-hetero) is 1. The summed E-state index contributed by atoms with van der Waals surface area (Å²) in [6.45, 7) is 6.16. The van der Waals surface area contributed by atoms with Crippen molar-refractivity contribution >= 4 is 29.0 Å². The minimum Gasteiger partial charge on any atom is -0.296 e. The Labute approximate surface area is 106 Å². The Morgan fingerprint density at radius 1 is 1.25 bits per heavy atom. The van der Waals surface area contributed by atoms with Gasteiger partial charge in [-0.1, -0.05) is 37.0 Å². The second-order valence-electron chi connectivity index (χ2n) is 3.51. The minimum atomic E-state index is 0.0327. The maximum atomic E-state index is 11.9. The summed E-state index contributed by atoms with van der Waals surface area (Å²) in [5, 5.41) is 0.967. The average molecular weight is 260 g/mol. The summed E-state index contributed by atoms with van der Waals surface area (Å²) in [5.41, 5.74) is 0.540. The number of benzene rings is 1. The van der Waals surface area contributed by atoms with Crippen LogP contribution in [0.2, 0.25) is 10.0 Å². The van der Waals surface area contributed by atoms with E-state index < -0.39 is 0 Å². The van der Waals surface area contributed by atoms with Crippen molar-refractivity contribution in [1.82, 2.24) is 4.90 Å². The van der Waals surface area contributed by atoms with Crippen molar-refractivity contribution in [3.8, 4) is 0 Å². The van der Waals surface area contributed by atoms with Crippen LogP contribution in [0.4, 0.5) is 0 Å². The predicted octanol–water partition coefficient (Wildman–Crippen LogP) is 3.52. The van der Waals surface area contributed by atoms with Crippen LogP contribution in [0.25, 0.3) is 0 Å². The van der Waals surface area contributed by atoms with Crippen LogP contribution in [0.1, 0.15) is 24.2 Å². The molecular formula is C12H15Cl2NO. The summed E-state index contributed by atoms with van der Waals surface area (Å²) in [7, 11) is 0. The van der Waals surface area contributed by atoms with Crippen LogP contribution in [-0.4, -0.2) is 30.3 Å². The van der Waals surface area contributed by atoms with Gasteiger partial charge in [-0.3, -0.25) is 9.69 Å². The molecule has 0 N–H and O–H groups in total. The van der Waals surface area contributed by atoms with E-state index in [1.165, 1.54) is 0 Å². The third-order valence-electron chi connectivity index (χ3n) is 2.49. The van der Waals surface area contributed by atoms with Gasteiger partial charge in [0.1, 0.15) is 0 Å². The molecule has 0 aliphatic rings. The van der Waals surface area contributed by atoms with Gasteiger partial charge in [-0.25, -0.2) is 0 Å². The Morgan fingerprint density at radius 3 is 2.38 bits per heavy atom. The first-order chi connectivity index (χ1) is 7.58. The normalized spacial score (nSPS) is 10.8. The van der Waals surface area contributed by atoms with Gasteiger partial charge in [-0.15, -0.1) is 0 Å². The molecule has 0 aromatic heterocycles. The van der Waals surface area contributed by atoms with Crippen molar-refractivity contribution in [3.63, 3.8) is 0 Å². The molecule has 16 heavy (non-hydrogen) atoms. The van der Waals surface area contributed by atoms with Crippen molar-refractivity contribution in [2.24, 2.45) is 0 Å². The van der Waals surface area contributed by atoms with E-state index >= 15 is 0 Å². The van der Waals surface area contributed by atoms with E-state index in [0.717, 1.165) is 13.1 Å². The van der Waals surface area contributed by atoms with Crippen LogP contribution in [-0.2, 0) is 0 Å². The molecule has 2 nitrogen and oxygen atoms in total. The highest BCUT2D eigenvalue weighted by atomic mass is 35.5. The van der Waals surface area contributed by atoms with Gasteiger partial charge in [-0.2, -0.15) is 0 Å².